The Morgan fingerprint density at radius 2 is 1.15 bits per heavy atom. The van der Waals surface area contributed by atoms with Crippen LogP contribution in [-0.4, -0.2) is 66.8 Å². The van der Waals surface area contributed by atoms with Crippen molar-refractivity contribution in [1.82, 2.24) is 55.3 Å². The molecule has 264 valence electrons. The van der Waals surface area contributed by atoms with E-state index in [9.17, 15) is 9.59 Å². The number of pyridine rings is 3. The maximum atomic E-state index is 13.5. The molecule has 55 heavy (non-hydrogen) atoms. The van der Waals surface area contributed by atoms with Crippen LogP contribution in [0.25, 0.3) is 77.5 Å². The molecule has 10 aromatic rings. The fraction of sp³-hybridized carbons (Fsp3) is 0.0714. The standard InChI is InChI=1S/C42H29N11O2/c1-22-44-12-8-28(46-22)19-40(55)38-17-26-14-30-35(21-33(26)49-38)51-53-42(30)24-7-11-45-36(15-24)31-4-2-3-27(47-31)18-39(54)37-16-25-13-29-34(20-32(25)48-37)50-52-41(29)23-5-9-43-10-6-23/h2-17,20-21,50-53H,18-19H2,1H3. The van der Waals surface area contributed by atoms with E-state index in [1.54, 1.807) is 37.8 Å². The number of nitrogens with one attached hydrogen (secondary N) is 4. The first-order valence-electron chi connectivity index (χ1n) is 17.6. The summed E-state index contributed by atoms with van der Waals surface area (Å²) in [5.41, 5.74) is 10.3. The van der Waals surface area contributed by atoms with E-state index in [0.717, 1.165) is 66.1 Å². The smallest absolute Gasteiger partial charge is 0.187 e. The first kappa shape index (κ1) is 32.0. The van der Waals surface area contributed by atoms with E-state index in [0.29, 0.717) is 40.0 Å². The van der Waals surface area contributed by atoms with Crippen LogP contribution < -0.4 is 0 Å². The molecule has 0 amide bonds. The minimum atomic E-state index is -0.122. The predicted molar refractivity (Wildman–Crippen MR) is 208 cm³/mol. The van der Waals surface area contributed by atoms with Gasteiger partial charge in [0.1, 0.15) is 17.2 Å². The molecule has 0 saturated carbocycles. The molecule has 8 heterocycles. The summed E-state index contributed by atoms with van der Waals surface area (Å²) in [5.74, 6) is 0.395. The van der Waals surface area contributed by atoms with Gasteiger partial charge in [0.15, 0.2) is 11.6 Å². The third-order valence-electron chi connectivity index (χ3n) is 9.76. The zero-order valence-electron chi connectivity index (χ0n) is 29.3. The molecule has 0 unspecified atom stereocenters. The molecular formula is C42H29N11O2. The minimum Gasteiger partial charge on any atom is -0.300 e. The first-order valence-corrected chi connectivity index (χ1v) is 17.6. The lowest BCUT2D eigenvalue weighted by Gasteiger charge is -2.06. The van der Waals surface area contributed by atoms with Crippen LogP contribution in [0.15, 0.2) is 110 Å². The molecular weight excluding hydrogens is 691 g/mol. The average molecular weight is 720 g/mol. The van der Waals surface area contributed by atoms with Crippen LogP contribution in [0.2, 0.25) is 0 Å². The maximum Gasteiger partial charge on any atom is 0.187 e. The molecule has 10 rings (SSSR count). The summed E-state index contributed by atoms with van der Waals surface area (Å²) in [6, 6.07) is 26.7. The summed E-state index contributed by atoms with van der Waals surface area (Å²) in [6.45, 7) is 1.80. The number of aromatic amines is 4. The molecule has 13 heteroatoms. The van der Waals surface area contributed by atoms with Gasteiger partial charge in [-0.2, -0.15) is 0 Å². The SMILES string of the molecule is Cc1nccc(CC(=O)c2cc3cc4c(-c5ccnc(-c6cccc(CC(=O)c7cc8cc9c(-c%10ccncc%10)[nH][nH]c9cc8n7)n6)c5)[nH][nH]c4cc3n2)n1. The van der Waals surface area contributed by atoms with Gasteiger partial charge in [-0.25, -0.2) is 19.9 Å². The van der Waals surface area contributed by atoms with Crippen molar-refractivity contribution in [3.8, 4) is 33.9 Å². The van der Waals surface area contributed by atoms with Gasteiger partial charge in [0.2, 0.25) is 0 Å². The minimum absolute atomic E-state index is 0.0911. The van der Waals surface area contributed by atoms with Crippen molar-refractivity contribution in [3.63, 3.8) is 0 Å². The number of benzene rings is 2. The van der Waals surface area contributed by atoms with E-state index in [-0.39, 0.29) is 24.4 Å². The topological polar surface area (TPSA) is 188 Å². The lowest BCUT2D eigenvalue weighted by atomic mass is 10.1. The Hall–Kier alpha value is -7.67. The number of hydrogen-bond acceptors (Lipinski definition) is 9. The Morgan fingerprint density at radius 1 is 0.545 bits per heavy atom. The monoisotopic (exact) mass is 719 g/mol. The largest absolute Gasteiger partial charge is 0.300 e. The highest BCUT2D eigenvalue weighted by atomic mass is 16.1. The summed E-state index contributed by atoms with van der Waals surface area (Å²) < 4.78 is 0. The number of ketones is 2. The molecule has 8 aromatic heterocycles. The zero-order chi connectivity index (χ0) is 37.0. The molecule has 0 spiro atoms. The Balaban J connectivity index is 0.896. The molecule has 0 fully saturated rings. The lowest BCUT2D eigenvalue weighted by Crippen LogP contribution is -2.06. The molecule has 0 aliphatic carbocycles. The molecule has 0 radical (unpaired) electrons. The van der Waals surface area contributed by atoms with Crippen LogP contribution in [0, 0.1) is 6.92 Å². The number of fused-ring (bicyclic) bond motifs is 4. The van der Waals surface area contributed by atoms with Gasteiger partial charge < -0.3 is 10.2 Å². The van der Waals surface area contributed by atoms with Gasteiger partial charge in [-0.3, -0.25) is 34.7 Å². The second-order valence-corrected chi connectivity index (χ2v) is 13.4. The fourth-order valence-electron chi connectivity index (χ4n) is 7.09. The Labute approximate surface area is 311 Å². The van der Waals surface area contributed by atoms with Crippen molar-refractivity contribution in [3.05, 3.63) is 138 Å². The highest BCUT2D eigenvalue weighted by molar-refractivity contribution is 6.07. The number of carbonyl (C=O) groups is 2. The van der Waals surface area contributed by atoms with Crippen molar-refractivity contribution in [1.29, 1.82) is 0 Å². The van der Waals surface area contributed by atoms with E-state index in [1.165, 1.54) is 0 Å². The molecule has 0 atom stereocenters. The van der Waals surface area contributed by atoms with Crippen LogP contribution in [0.5, 0.6) is 0 Å². The second-order valence-electron chi connectivity index (χ2n) is 13.4. The molecule has 0 aliphatic rings. The number of Topliss-reactive ketones (excluding diaryl/α,β-unsaturated/α-hetero) is 2. The molecule has 0 bridgehead atoms. The van der Waals surface area contributed by atoms with Gasteiger partial charge in [-0.1, -0.05) is 6.07 Å². The summed E-state index contributed by atoms with van der Waals surface area (Å²) in [4.78, 5) is 58.0. The summed E-state index contributed by atoms with van der Waals surface area (Å²) in [7, 11) is 0. The van der Waals surface area contributed by atoms with Crippen LogP contribution in [-0.2, 0) is 12.8 Å². The Morgan fingerprint density at radius 3 is 1.80 bits per heavy atom. The van der Waals surface area contributed by atoms with Gasteiger partial charge >= 0.3 is 0 Å². The Bertz CT molecular complexity index is 3120. The second kappa shape index (κ2) is 12.8. The van der Waals surface area contributed by atoms with Gasteiger partial charge in [-0.05, 0) is 85.8 Å². The van der Waals surface area contributed by atoms with Crippen LogP contribution in [0.1, 0.15) is 38.2 Å². The molecule has 2 aromatic carbocycles. The highest BCUT2D eigenvalue weighted by Gasteiger charge is 2.18. The summed E-state index contributed by atoms with van der Waals surface area (Å²) in [6.07, 6.45) is 7.15. The molecule has 4 N–H and O–H groups in total. The summed E-state index contributed by atoms with van der Waals surface area (Å²) in [5, 5.41) is 16.7. The maximum absolute atomic E-state index is 13.5. The van der Waals surface area contributed by atoms with Crippen molar-refractivity contribution >= 4 is 55.2 Å². The third kappa shape index (κ3) is 5.89. The van der Waals surface area contributed by atoms with Gasteiger partial charge in [0, 0.05) is 63.2 Å². The molecule has 13 nitrogen and oxygen atoms in total. The fourth-order valence-corrected chi connectivity index (χ4v) is 7.09. The first-order chi connectivity index (χ1) is 26.9. The normalized spacial score (nSPS) is 11.7. The van der Waals surface area contributed by atoms with Gasteiger partial charge in [-0.15, -0.1) is 0 Å². The number of H-pyrrole nitrogens is 4. The molecule has 0 aliphatic heterocycles. The highest BCUT2D eigenvalue weighted by Crippen LogP contribution is 2.33. The van der Waals surface area contributed by atoms with Crippen LogP contribution >= 0.6 is 0 Å². The van der Waals surface area contributed by atoms with Crippen LogP contribution in [0.3, 0.4) is 0 Å². The lowest BCUT2D eigenvalue weighted by molar-refractivity contribution is 0.0980. The average Bonchev–Trinajstić information content (AvgIpc) is 4.01. The van der Waals surface area contributed by atoms with E-state index in [4.69, 9.17) is 4.98 Å². The number of aromatic nitrogens is 11. The predicted octanol–water partition coefficient (Wildman–Crippen LogP) is 7.54. The molecule has 0 saturated heterocycles. The van der Waals surface area contributed by atoms with E-state index in [2.05, 4.69) is 50.3 Å². The number of hydrogen-bond donors (Lipinski definition) is 4. The number of rotatable bonds is 9. The van der Waals surface area contributed by atoms with Crippen LogP contribution in [0.4, 0.5) is 0 Å². The van der Waals surface area contributed by atoms with Gasteiger partial charge in [0.05, 0.1) is 63.4 Å². The third-order valence-corrected chi connectivity index (χ3v) is 9.76. The van der Waals surface area contributed by atoms with Crippen molar-refractivity contribution in [2.75, 3.05) is 0 Å². The zero-order valence-corrected chi connectivity index (χ0v) is 29.3. The van der Waals surface area contributed by atoms with Crippen molar-refractivity contribution < 1.29 is 9.59 Å². The quantitative estimate of drug-likeness (QED) is 0.109. The van der Waals surface area contributed by atoms with Crippen molar-refractivity contribution in [2.24, 2.45) is 0 Å². The Kier molecular flexibility index (Phi) is 7.44. The number of nitrogens with zero attached hydrogens (tertiary/aromatic N) is 7. The van der Waals surface area contributed by atoms with E-state index < -0.39 is 0 Å². The van der Waals surface area contributed by atoms with Crippen molar-refractivity contribution in [2.45, 2.75) is 19.8 Å². The summed E-state index contributed by atoms with van der Waals surface area (Å²) >= 11 is 0. The van der Waals surface area contributed by atoms with E-state index in [1.807, 2.05) is 78.9 Å². The van der Waals surface area contributed by atoms with E-state index >= 15 is 0 Å². The number of carbonyl (C=O) groups excluding carboxylic acids is 2. The number of aryl methyl sites for hydroxylation is 1. The van der Waals surface area contributed by atoms with Gasteiger partial charge in [0.25, 0.3) is 0 Å².